The van der Waals surface area contributed by atoms with Crippen molar-refractivity contribution in [1.29, 1.82) is 0 Å². The zero-order valence-electron chi connectivity index (χ0n) is 15.9. The van der Waals surface area contributed by atoms with Crippen molar-refractivity contribution in [3.63, 3.8) is 0 Å². The van der Waals surface area contributed by atoms with E-state index >= 15 is 0 Å². The van der Waals surface area contributed by atoms with E-state index in [9.17, 15) is 0 Å². The van der Waals surface area contributed by atoms with Gasteiger partial charge in [-0.15, -0.1) is 10.2 Å². The number of hydrogen-bond donors (Lipinski definition) is 2. The van der Waals surface area contributed by atoms with Crippen molar-refractivity contribution < 1.29 is 0 Å². The molecule has 2 aromatic heterocycles. The average Bonchev–Trinajstić information content (AvgIpc) is 3.07. The first kappa shape index (κ1) is 19.2. The zero-order chi connectivity index (χ0) is 19.3. The highest BCUT2D eigenvalue weighted by atomic mass is 35.5. The van der Waals surface area contributed by atoms with Crippen molar-refractivity contribution >= 4 is 23.2 Å². The normalized spacial score (nSPS) is 12.4. The molecule has 0 unspecified atom stereocenters. The van der Waals surface area contributed by atoms with Gasteiger partial charge in [-0.1, -0.05) is 49.7 Å². The van der Waals surface area contributed by atoms with Crippen LogP contribution in [0.25, 0.3) is 5.65 Å². The van der Waals surface area contributed by atoms with Gasteiger partial charge in [-0.3, -0.25) is 4.40 Å². The van der Waals surface area contributed by atoms with E-state index in [0.717, 1.165) is 34.6 Å². The maximum atomic E-state index is 6.38. The molecule has 0 fully saturated rings. The molecule has 0 bridgehead atoms. The number of benzene rings is 1. The van der Waals surface area contributed by atoms with Crippen LogP contribution in [0.4, 0.5) is 0 Å². The molecule has 0 saturated carbocycles. The Bertz CT molecular complexity index is 931. The minimum atomic E-state index is -0.143. The van der Waals surface area contributed by atoms with Gasteiger partial charge in [0.2, 0.25) is 0 Å². The summed E-state index contributed by atoms with van der Waals surface area (Å²) in [5.74, 6) is 1.54. The number of hydrogen-bond acceptors (Lipinski definition) is 3. The number of aliphatic imine (C=N–C) groups is 1. The Balaban J connectivity index is 1.72. The maximum Gasteiger partial charge on any atom is 0.191 e. The molecule has 6 nitrogen and oxygen atoms in total. The Morgan fingerprint density at radius 3 is 2.67 bits per heavy atom. The summed E-state index contributed by atoms with van der Waals surface area (Å²) in [5.41, 5.74) is 1.79. The van der Waals surface area contributed by atoms with Gasteiger partial charge in [-0.25, -0.2) is 4.99 Å². The third-order valence-electron chi connectivity index (χ3n) is 4.41. The van der Waals surface area contributed by atoms with Crippen LogP contribution in [-0.2, 0) is 12.0 Å². The number of rotatable bonds is 6. The van der Waals surface area contributed by atoms with E-state index in [1.165, 1.54) is 0 Å². The summed E-state index contributed by atoms with van der Waals surface area (Å²) in [6, 6.07) is 13.8. The lowest BCUT2D eigenvalue weighted by atomic mass is 9.84. The summed E-state index contributed by atoms with van der Waals surface area (Å²) in [4.78, 5) is 4.66. The van der Waals surface area contributed by atoms with Gasteiger partial charge in [0.1, 0.15) is 6.54 Å². The van der Waals surface area contributed by atoms with E-state index in [0.29, 0.717) is 13.1 Å². The lowest BCUT2D eigenvalue weighted by Gasteiger charge is -2.27. The number of nitrogens with zero attached hydrogens (tertiary/aromatic N) is 4. The highest BCUT2D eigenvalue weighted by Gasteiger charge is 2.23. The molecule has 0 aliphatic carbocycles. The van der Waals surface area contributed by atoms with E-state index in [1.807, 2.05) is 53.9 Å². The fraction of sp³-hybridized carbons (Fsp3) is 0.350. The summed E-state index contributed by atoms with van der Waals surface area (Å²) in [6.07, 6.45) is 1.95. The molecule has 27 heavy (non-hydrogen) atoms. The van der Waals surface area contributed by atoms with Crippen LogP contribution in [0.1, 0.15) is 32.2 Å². The molecular weight excluding hydrogens is 360 g/mol. The minimum Gasteiger partial charge on any atom is -0.357 e. The molecule has 0 spiro atoms. The first-order chi connectivity index (χ1) is 13.0. The maximum absolute atomic E-state index is 6.38. The smallest absolute Gasteiger partial charge is 0.191 e. The van der Waals surface area contributed by atoms with Crippen LogP contribution in [0, 0.1) is 0 Å². The van der Waals surface area contributed by atoms with Crippen LogP contribution in [0.3, 0.4) is 0 Å². The Morgan fingerprint density at radius 2 is 1.89 bits per heavy atom. The van der Waals surface area contributed by atoms with Gasteiger partial charge in [0.15, 0.2) is 17.4 Å². The van der Waals surface area contributed by atoms with Crippen LogP contribution >= 0.6 is 11.6 Å². The van der Waals surface area contributed by atoms with E-state index in [1.54, 1.807) is 0 Å². The Labute approximate surface area is 164 Å². The molecule has 2 N–H and O–H groups in total. The number of nitrogens with one attached hydrogen (secondary N) is 2. The van der Waals surface area contributed by atoms with E-state index < -0.39 is 0 Å². The van der Waals surface area contributed by atoms with Gasteiger partial charge in [0.25, 0.3) is 0 Å². The third kappa shape index (κ3) is 4.57. The molecular formula is C20H25ClN6. The van der Waals surface area contributed by atoms with Crippen molar-refractivity contribution in [2.75, 3.05) is 13.1 Å². The monoisotopic (exact) mass is 384 g/mol. The second-order valence-electron chi connectivity index (χ2n) is 6.96. The minimum absolute atomic E-state index is 0.143. The summed E-state index contributed by atoms with van der Waals surface area (Å²) < 4.78 is 1.95. The second kappa shape index (κ2) is 8.39. The predicted molar refractivity (Wildman–Crippen MR) is 110 cm³/mol. The summed E-state index contributed by atoms with van der Waals surface area (Å²) in [6.45, 7) is 8.28. The molecule has 0 amide bonds. The van der Waals surface area contributed by atoms with Crippen molar-refractivity contribution in [1.82, 2.24) is 25.2 Å². The number of aromatic nitrogens is 3. The quantitative estimate of drug-likeness (QED) is 0.505. The van der Waals surface area contributed by atoms with Crippen LogP contribution in [-0.4, -0.2) is 33.6 Å². The van der Waals surface area contributed by atoms with Crippen LogP contribution in [0.5, 0.6) is 0 Å². The molecule has 1 aromatic carbocycles. The molecule has 142 valence electrons. The molecule has 0 radical (unpaired) electrons. The highest BCUT2D eigenvalue weighted by molar-refractivity contribution is 6.31. The lowest BCUT2D eigenvalue weighted by Crippen LogP contribution is -2.43. The van der Waals surface area contributed by atoms with Crippen molar-refractivity contribution in [2.24, 2.45) is 4.99 Å². The van der Waals surface area contributed by atoms with Gasteiger partial charge < -0.3 is 10.6 Å². The van der Waals surface area contributed by atoms with Gasteiger partial charge in [0, 0.05) is 29.7 Å². The summed E-state index contributed by atoms with van der Waals surface area (Å²) in [7, 11) is 0. The SMILES string of the molecule is CCNC(=NCc1nnc2ccccn12)NCC(C)(C)c1ccccc1Cl. The molecule has 3 rings (SSSR count). The average molecular weight is 385 g/mol. The Morgan fingerprint density at radius 1 is 1.11 bits per heavy atom. The van der Waals surface area contributed by atoms with Crippen molar-refractivity contribution in [2.45, 2.75) is 32.7 Å². The summed E-state index contributed by atoms with van der Waals surface area (Å²) >= 11 is 6.38. The molecule has 2 heterocycles. The fourth-order valence-corrected chi connectivity index (χ4v) is 3.29. The summed E-state index contributed by atoms with van der Waals surface area (Å²) in [5, 5.41) is 15.9. The number of pyridine rings is 1. The molecule has 0 aliphatic rings. The topological polar surface area (TPSA) is 66.6 Å². The van der Waals surface area contributed by atoms with Crippen molar-refractivity contribution in [3.8, 4) is 0 Å². The largest absolute Gasteiger partial charge is 0.357 e. The Hall–Kier alpha value is -2.60. The zero-order valence-corrected chi connectivity index (χ0v) is 16.7. The first-order valence-electron chi connectivity index (χ1n) is 9.07. The van der Waals surface area contributed by atoms with Crippen LogP contribution in [0.15, 0.2) is 53.7 Å². The van der Waals surface area contributed by atoms with Gasteiger partial charge in [0.05, 0.1) is 0 Å². The van der Waals surface area contributed by atoms with Crippen LogP contribution in [0.2, 0.25) is 5.02 Å². The van der Waals surface area contributed by atoms with E-state index in [4.69, 9.17) is 11.6 Å². The van der Waals surface area contributed by atoms with E-state index in [2.05, 4.69) is 45.7 Å². The number of halogens is 1. The number of guanidine groups is 1. The van der Waals surface area contributed by atoms with Gasteiger partial charge in [-0.2, -0.15) is 0 Å². The molecule has 0 aliphatic heterocycles. The third-order valence-corrected chi connectivity index (χ3v) is 4.74. The van der Waals surface area contributed by atoms with Crippen molar-refractivity contribution in [3.05, 3.63) is 65.1 Å². The Kier molecular flexibility index (Phi) is 5.96. The molecule has 0 atom stereocenters. The first-order valence-corrected chi connectivity index (χ1v) is 9.45. The predicted octanol–water partition coefficient (Wildman–Crippen LogP) is 3.42. The van der Waals surface area contributed by atoms with Crippen LogP contribution < -0.4 is 10.6 Å². The second-order valence-corrected chi connectivity index (χ2v) is 7.36. The molecule has 7 heteroatoms. The number of fused-ring (bicyclic) bond motifs is 1. The van der Waals surface area contributed by atoms with Gasteiger partial charge >= 0.3 is 0 Å². The molecule has 0 saturated heterocycles. The lowest BCUT2D eigenvalue weighted by molar-refractivity contribution is 0.508. The van der Waals surface area contributed by atoms with Gasteiger partial charge in [-0.05, 0) is 30.7 Å². The highest BCUT2D eigenvalue weighted by Crippen LogP contribution is 2.28. The van der Waals surface area contributed by atoms with E-state index in [-0.39, 0.29) is 5.41 Å². The standard InChI is InChI=1S/C20H25ClN6/c1-4-22-19(23-13-18-26-25-17-11-7-8-12-27(17)18)24-14-20(2,3)15-9-5-6-10-16(15)21/h5-12H,4,13-14H2,1-3H3,(H2,22,23,24). The fourth-order valence-electron chi connectivity index (χ4n) is 2.90. The molecule has 3 aromatic rings.